The molecule has 0 aliphatic rings. The highest BCUT2D eigenvalue weighted by atomic mass is 16.3. The van der Waals surface area contributed by atoms with Gasteiger partial charge in [0.2, 0.25) is 0 Å². The maximum atomic E-state index is 11.2. The molecule has 0 heterocycles. The summed E-state index contributed by atoms with van der Waals surface area (Å²) in [5.74, 6) is 0. The lowest BCUT2D eigenvalue weighted by atomic mass is 10.1. The maximum Gasteiger partial charge on any atom is 0.318 e. The normalized spacial score (nSPS) is 10.5. The van der Waals surface area contributed by atoms with Crippen LogP contribution in [0.1, 0.15) is 17.5 Å². The summed E-state index contributed by atoms with van der Waals surface area (Å²) < 4.78 is 0. The molecule has 0 spiro atoms. The Labute approximate surface area is 101 Å². The van der Waals surface area contributed by atoms with Crippen molar-refractivity contribution in [3.8, 4) is 0 Å². The fourth-order valence-electron chi connectivity index (χ4n) is 1.32. The van der Waals surface area contributed by atoms with Crippen molar-refractivity contribution in [3.63, 3.8) is 0 Å². The summed E-state index contributed by atoms with van der Waals surface area (Å²) in [4.78, 5) is 11.2. The van der Waals surface area contributed by atoms with Gasteiger partial charge in [0.25, 0.3) is 0 Å². The number of aliphatic hydroxyl groups excluding tert-OH is 1. The summed E-state index contributed by atoms with van der Waals surface area (Å²) in [5, 5.41) is 13.8. The molecule has 0 unspecified atom stereocenters. The fourth-order valence-corrected chi connectivity index (χ4v) is 1.32. The van der Waals surface area contributed by atoms with Crippen LogP contribution in [0.2, 0.25) is 0 Å². The van der Waals surface area contributed by atoms with E-state index in [0.717, 1.165) is 5.56 Å². The Morgan fingerprint density at radius 3 is 3.00 bits per heavy atom. The van der Waals surface area contributed by atoms with Gasteiger partial charge >= 0.3 is 6.03 Å². The molecule has 0 fully saturated rings. The monoisotopic (exact) mass is 234 g/mol. The number of hydrogen-bond donors (Lipinski definition) is 3. The van der Waals surface area contributed by atoms with Crippen molar-refractivity contribution < 1.29 is 9.90 Å². The quantitative estimate of drug-likeness (QED) is 0.678. The Balaban J connectivity index is 2.32. The van der Waals surface area contributed by atoms with Crippen LogP contribution in [0, 0.1) is 6.92 Å². The van der Waals surface area contributed by atoms with Crippen LogP contribution >= 0.6 is 0 Å². The fraction of sp³-hybridized carbons (Fsp3) is 0.308. The minimum absolute atomic E-state index is 0.0827. The van der Waals surface area contributed by atoms with Gasteiger partial charge in [-0.3, -0.25) is 0 Å². The van der Waals surface area contributed by atoms with Gasteiger partial charge in [0.15, 0.2) is 0 Å². The summed E-state index contributed by atoms with van der Waals surface area (Å²) in [6, 6.07) is 7.72. The Kier molecular flexibility index (Phi) is 5.82. The minimum atomic E-state index is -0.262. The van der Waals surface area contributed by atoms with Gasteiger partial charge in [0.05, 0.1) is 0 Å². The van der Waals surface area contributed by atoms with Gasteiger partial charge in [-0.05, 0) is 25.0 Å². The molecule has 4 heteroatoms. The molecule has 0 aliphatic carbocycles. The van der Waals surface area contributed by atoms with E-state index in [2.05, 4.69) is 10.6 Å². The summed E-state index contributed by atoms with van der Waals surface area (Å²) in [7, 11) is 0. The first-order chi connectivity index (χ1) is 8.22. The number of benzene rings is 1. The molecule has 3 N–H and O–H groups in total. The predicted octanol–water partition coefficient (Wildman–Crippen LogP) is 1.65. The number of aryl methyl sites for hydroxylation is 1. The lowest BCUT2D eigenvalue weighted by Crippen LogP contribution is -2.33. The lowest BCUT2D eigenvalue weighted by molar-refractivity contribution is 0.241. The summed E-state index contributed by atoms with van der Waals surface area (Å²) in [6.45, 7) is 2.58. The van der Waals surface area contributed by atoms with Crippen molar-refractivity contribution in [3.05, 3.63) is 41.6 Å². The van der Waals surface area contributed by atoms with Crippen LogP contribution in [0.25, 0.3) is 6.08 Å². The van der Waals surface area contributed by atoms with E-state index in [-0.39, 0.29) is 12.6 Å². The van der Waals surface area contributed by atoms with Crippen molar-refractivity contribution >= 4 is 12.1 Å². The molecular formula is C13H18N2O2. The van der Waals surface area contributed by atoms with E-state index in [9.17, 15) is 4.79 Å². The third-order valence-electron chi connectivity index (χ3n) is 2.15. The largest absolute Gasteiger partial charge is 0.396 e. The number of rotatable bonds is 5. The Morgan fingerprint density at radius 2 is 2.29 bits per heavy atom. The smallest absolute Gasteiger partial charge is 0.318 e. The van der Waals surface area contributed by atoms with E-state index in [1.54, 1.807) is 6.20 Å². The van der Waals surface area contributed by atoms with E-state index >= 15 is 0 Å². The molecule has 0 saturated heterocycles. The van der Waals surface area contributed by atoms with E-state index < -0.39 is 0 Å². The molecule has 0 aromatic heterocycles. The van der Waals surface area contributed by atoms with Gasteiger partial charge < -0.3 is 15.7 Å². The molecule has 0 atom stereocenters. The number of hydrogen-bond acceptors (Lipinski definition) is 2. The van der Waals surface area contributed by atoms with Crippen LogP contribution in [0.5, 0.6) is 0 Å². The van der Waals surface area contributed by atoms with E-state index in [1.807, 2.05) is 37.3 Å². The van der Waals surface area contributed by atoms with Crippen molar-refractivity contribution in [2.45, 2.75) is 13.3 Å². The highest BCUT2D eigenvalue weighted by Crippen LogP contribution is 2.04. The highest BCUT2D eigenvalue weighted by Gasteiger charge is 1.94. The molecule has 0 bridgehead atoms. The lowest BCUT2D eigenvalue weighted by Gasteiger charge is -2.02. The Morgan fingerprint density at radius 1 is 1.47 bits per heavy atom. The second kappa shape index (κ2) is 7.46. The maximum absolute atomic E-state index is 11.2. The van der Waals surface area contributed by atoms with Crippen LogP contribution in [-0.4, -0.2) is 24.3 Å². The predicted molar refractivity (Wildman–Crippen MR) is 68.5 cm³/mol. The van der Waals surface area contributed by atoms with Crippen LogP contribution in [0.3, 0.4) is 0 Å². The van der Waals surface area contributed by atoms with Crippen LogP contribution in [0.15, 0.2) is 30.5 Å². The number of carbonyl (C=O) groups excluding carboxylic acids is 1. The van der Waals surface area contributed by atoms with Crippen LogP contribution in [0.4, 0.5) is 4.79 Å². The molecule has 4 nitrogen and oxygen atoms in total. The third-order valence-corrected chi connectivity index (χ3v) is 2.15. The first-order valence-electron chi connectivity index (χ1n) is 5.61. The second-order valence-corrected chi connectivity index (χ2v) is 3.72. The van der Waals surface area contributed by atoms with E-state index in [4.69, 9.17) is 5.11 Å². The van der Waals surface area contributed by atoms with Crippen molar-refractivity contribution in [2.24, 2.45) is 0 Å². The number of nitrogens with one attached hydrogen (secondary N) is 2. The zero-order valence-electron chi connectivity index (χ0n) is 9.94. The molecule has 2 amide bonds. The summed E-state index contributed by atoms with van der Waals surface area (Å²) in [6.07, 6.45) is 4.00. The Bertz CT molecular complexity index is 389. The molecule has 0 saturated carbocycles. The zero-order valence-corrected chi connectivity index (χ0v) is 9.94. The Hall–Kier alpha value is -1.81. The third kappa shape index (κ3) is 5.73. The highest BCUT2D eigenvalue weighted by molar-refractivity contribution is 5.75. The average molecular weight is 234 g/mol. The van der Waals surface area contributed by atoms with Crippen LogP contribution in [-0.2, 0) is 0 Å². The summed E-state index contributed by atoms with van der Waals surface area (Å²) in [5.41, 5.74) is 2.22. The number of carbonyl (C=O) groups is 1. The molecule has 92 valence electrons. The standard InChI is InChI=1S/C13H18N2O2/c1-11-4-2-5-12(10-11)6-8-15-13(17)14-7-3-9-16/h2,4-6,8,10,16H,3,7,9H2,1H3,(H2,14,15,17)/b8-6+. The average Bonchev–Trinajstić information content (AvgIpc) is 2.29. The van der Waals surface area contributed by atoms with Gasteiger partial charge in [0, 0.05) is 19.4 Å². The van der Waals surface area contributed by atoms with Gasteiger partial charge in [-0.1, -0.05) is 29.8 Å². The first-order valence-corrected chi connectivity index (χ1v) is 5.61. The van der Waals surface area contributed by atoms with E-state index in [0.29, 0.717) is 13.0 Å². The van der Waals surface area contributed by atoms with E-state index in [1.165, 1.54) is 5.56 Å². The van der Waals surface area contributed by atoms with Gasteiger partial charge in [0.1, 0.15) is 0 Å². The molecule has 17 heavy (non-hydrogen) atoms. The molecule has 1 aromatic rings. The molecule has 1 rings (SSSR count). The van der Waals surface area contributed by atoms with Gasteiger partial charge in [-0.15, -0.1) is 0 Å². The molecule has 0 radical (unpaired) electrons. The number of urea groups is 1. The number of aliphatic hydroxyl groups is 1. The second-order valence-electron chi connectivity index (χ2n) is 3.72. The van der Waals surface area contributed by atoms with Gasteiger partial charge in [-0.2, -0.15) is 0 Å². The number of amides is 2. The minimum Gasteiger partial charge on any atom is -0.396 e. The summed E-state index contributed by atoms with van der Waals surface area (Å²) >= 11 is 0. The van der Waals surface area contributed by atoms with Crippen molar-refractivity contribution in [1.82, 2.24) is 10.6 Å². The molecule has 0 aliphatic heterocycles. The molecular weight excluding hydrogens is 216 g/mol. The van der Waals surface area contributed by atoms with Crippen molar-refractivity contribution in [2.75, 3.05) is 13.2 Å². The SMILES string of the molecule is Cc1cccc(/C=C/NC(=O)NCCCO)c1. The first kappa shape index (κ1) is 13.3. The van der Waals surface area contributed by atoms with Crippen LogP contribution < -0.4 is 10.6 Å². The topological polar surface area (TPSA) is 61.4 Å². The molecule has 1 aromatic carbocycles. The van der Waals surface area contributed by atoms with Crippen molar-refractivity contribution in [1.29, 1.82) is 0 Å². The van der Waals surface area contributed by atoms with Gasteiger partial charge in [-0.25, -0.2) is 4.79 Å². The zero-order chi connectivity index (χ0) is 12.5.